The van der Waals surface area contributed by atoms with Crippen molar-refractivity contribution in [1.29, 1.82) is 0 Å². The predicted octanol–water partition coefficient (Wildman–Crippen LogP) is 1.89. The summed E-state index contributed by atoms with van der Waals surface area (Å²) in [6.45, 7) is 4.09. The lowest BCUT2D eigenvalue weighted by molar-refractivity contribution is -0.148. The van der Waals surface area contributed by atoms with Gasteiger partial charge in [0.1, 0.15) is 6.04 Å². The molecule has 1 heterocycles. The fraction of sp³-hybridized carbons (Fsp3) is 0.833. The van der Waals surface area contributed by atoms with E-state index in [-0.39, 0.29) is 11.3 Å². The normalized spacial score (nSPS) is 27.8. The van der Waals surface area contributed by atoms with Gasteiger partial charge in [0.05, 0.1) is 11.1 Å². The van der Waals surface area contributed by atoms with Gasteiger partial charge in [-0.15, -0.1) is 23.5 Å². The first-order valence-electron chi connectivity index (χ1n) is 6.28. The van der Waals surface area contributed by atoms with Crippen LogP contribution in [0.3, 0.4) is 0 Å². The summed E-state index contributed by atoms with van der Waals surface area (Å²) in [5.74, 6) is 0.573. The summed E-state index contributed by atoms with van der Waals surface area (Å²) in [7, 11) is 0. The van der Waals surface area contributed by atoms with E-state index in [1.807, 2.05) is 13.8 Å². The van der Waals surface area contributed by atoms with Gasteiger partial charge in [0.15, 0.2) is 0 Å². The molecule has 0 radical (unpaired) electrons. The first-order valence-corrected chi connectivity index (χ1v) is 8.37. The Labute approximate surface area is 116 Å². The highest BCUT2D eigenvalue weighted by atomic mass is 32.2. The van der Waals surface area contributed by atoms with Crippen LogP contribution in [0.25, 0.3) is 0 Å². The van der Waals surface area contributed by atoms with Gasteiger partial charge >= 0.3 is 5.97 Å². The lowest BCUT2D eigenvalue weighted by atomic mass is 10.2. The molecule has 2 rings (SSSR count). The van der Waals surface area contributed by atoms with Gasteiger partial charge in [-0.25, -0.2) is 4.79 Å². The number of hydrogen-bond acceptors (Lipinski definition) is 4. The Balaban J connectivity index is 2.03. The van der Waals surface area contributed by atoms with Gasteiger partial charge < -0.3 is 10.0 Å². The van der Waals surface area contributed by atoms with Crippen molar-refractivity contribution in [2.45, 2.75) is 43.4 Å². The standard InChI is InChI=1S/C12H19NO3S2/c1-7(2)17-6-10(14)13-9(12(15)16)5-18-11(13)8-3-4-8/h7-9,11H,3-6H2,1-2H3,(H,15,16). The van der Waals surface area contributed by atoms with Gasteiger partial charge in [-0.3, -0.25) is 4.79 Å². The van der Waals surface area contributed by atoms with E-state index in [2.05, 4.69) is 0 Å². The molecular formula is C12H19NO3S2. The van der Waals surface area contributed by atoms with Crippen LogP contribution in [-0.2, 0) is 9.59 Å². The Morgan fingerprint density at radius 2 is 2.11 bits per heavy atom. The third-order valence-corrected chi connectivity index (χ3v) is 5.72. The quantitative estimate of drug-likeness (QED) is 0.837. The van der Waals surface area contributed by atoms with Crippen LogP contribution < -0.4 is 0 Å². The lowest BCUT2D eigenvalue weighted by Crippen LogP contribution is -2.47. The third kappa shape index (κ3) is 3.15. The van der Waals surface area contributed by atoms with E-state index in [1.54, 1.807) is 28.4 Å². The van der Waals surface area contributed by atoms with Gasteiger partial charge in [0.25, 0.3) is 0 Å². The third-order valence-electron chi connectivity index (χ3n) is 3.17. The molecule has 1 aliphatic heterocycles. The Morgan fingerprint density at radius 1 is 1.44 bits per heavy atom. The Kier molecular flexibility index (Phi) is 4.48. The predicted molar refractivity (Wildman–Crippen MR) is 74.8 cm³/mol. The topological polar surface area (TPSA) is 57.6 Å². The van der Waals surface area contributed by atoms with E-state index in [4.69, 9.17) is 0 Å². The van der Waals surface area contributed by atoms with E-state index >= 15 is 0 Å². The summed E-state index contributed by atoms with van der Waals surface area (Å²) < 4.78 is 0. The highest BCUT2D eigenvalue weighted by Crippen LogP contribution is 2.45. The fourth-order valence-corrected chi connectivity index (χ4v) is 4.37. The maximum Gasteiger partial charge on any atom is 0.327 e. The molecule has 18 heavy (non-hydrogen) atoms. The van der Waals surface area contributed by atoms with E-state index in [0.717, 1.165) is 12.8 Å². The number of thioether (sulfide) groups is 2. The molecule has 0 aromatic heterocycles. The molecule has 2 atom stereocenters. The molecule has 1 N–H and O–H groups in total. The smallest absolute Gasteiger partial charge is 0.327 e. The summed E-state index contributed by atoms with van der Waals surface area (Å²) in [5, 5.41) is 9.71. The van der Waals surface area contributed by atoms with Crippen molar-refractivity contribution in [3.63, 3.8) is 0 Å². The van der Waals surface area contributed by atoms with Crippen LogP contribution >= 0.6 is 23.5 Å². The maximum atomic E-state index is 12.2. The van der Waals surface area contributed by atoms with Gasteiger partial charge in [-0.05, 0) is 24.0 Å². The first kappa shape index (κ1) is 14.1. The zero-order valence-corrected chi connectivity index (χ0v) is 12.3. The zero-order chi connectivity index (χ0) is 13.3. The largest absolute Gasteiger partial charge is 0.480 e. The molecule has 2 unspecified atom stereocenters. The molecular weight excluding hydrogens is 270 g/mol. The molecule has 0 aromatic rings. The van der Waals surface area contributed by atoms with Gasteiger partial charge in [-0.2, -0.15) is 0 Å². The van der Waals surface area contributed by atoms with Crippen molar-refractivity contribution in [3.8, 4) is 0 Å². The Hall–Kier alpha value is -0.360. The van der Waals surface area contributed by atoms with E-state index in [0.29, 0.717) is 22.7 Å². The first-order chi connectivity index (χ1) is 8.50. The average molecular weight is 289 g/mol. The minimum Gasteiger partial charge on any atom is -0.480 e. The molecule has 102 valence electrons. The van der Waals surface area contributed by atoms with Crippen molar-refractivity contribution < 1.29 is 14.7 Å². The number of carboxylic acid groups (broad SMARTS) is 1. The highest BCUT2D eigenvalue weighted by molar-refractivity contribution is 8.00. The number of carboxylic acids is 1. The van der Waals surface area contributed by atoms with Gasteiger partial charge in [-0.1, -0.05) is 13.8 Å². The minimum absolute atomic E-state index is 0.0111. The molecule has 1 saturated heterocycles. The van der Waals surface area contributed by atoms with E-state index < -0.39 is 12.0 Å². The number of carbonyl (C=O) groups excluding carboxylic acids is 1. The molecule has 1 amide bonds. The summed E-state index contributed by atoms with van der Waals surface area (Å²) in [6, 6.07) is -0.624. The fourth-order valence-electron chi connectivity index (χ4n) is 2.09. The summed E-state index contributed by atoms with van der Waals surface area (Å²) in [4.78, 5) is 25.1. The van der Waals surface area contributed by atoms with Crippen LogP contribution in [-0.4, -0.2) is 50.1 Å². The van der Waals surface area contributed by atoms with Crippen LogP contribution in [0.2, 0.25) is 0 Å². The highest BCUT2D eigenvalue weighted by Gasteiger charge is 2.47. The monoisotopic (exact) mass is 289 g/mol. The summed E-state index contributed by atoms with van der Waals surface area (Å²) >= 11 is 3.22. The van der Waals surface area contributed by atoms with Crippen molar-refractivity contribution in [2.24, 2.45) is 5.92 Å². The lowest BCUT2D eigenvalue weighted by Gasteiger charge is -2.27. The van der Waals surface area contributed by atoms with Crippen LogP contribution in [0.5, 0.6) is 0 Å². The molecule has 0 spiro atoms. The summed E-state index contributed by atoms with van der Waals surface area (Å²) in [5.41, 5.74) is 0. The summed E-state index contributed by atoms with van der Waals surface area (Å²) in [6.07, 6.45) is 2.26. The number of nitrogens with zero attached hydrogens (tertiary/aromatic N) is 1. The van der Waals surface area contributed by atoms with Crippen LogP contribution in [0.4, 0.5) is 0 Å². The molecule has 2 aliphatic rings. The second kappa shape index (κ2) is 5.74. The maximum absolute atomic E-state index is 12.2. The molecule has 1 saturated carbocycles. The molecule has 2 fully saturated rings. The minimum atomic E-state index is -0.867. The second-order valence-corrected chi connectivity index (χ2v) is 7.79. The second-order valence-electron chi connectivity index (χ2n) is 5.08. The number of rotatable bonds is 5. The van der Waals surface area contributed by atoms with E-state index in [1.165, 1.54) is 0 Å². The number of aliphatic carboxylic acids is 1. The number of carbonyl (C=O) groups is 2. The van der Waals surface area contributed by atoms with Gasteiger partial charge in [0, 0.05) is 5.75 Å². The van der Waals surface area contributed by atoms with E-state index in [9.17, 15) is 14.7 Å². The van der Waals surface area contributed by atoms with Crippen LogP contribution in [0.15, 0.2) is 0 Å². The zero-order valence-electron chi connectivity index (χ0n) is 10.7. The van der Waals surface area contributed by atoms with Crippen molar-refractivity contribution >= 4 is 35.4 Å². The Morgan fingerprint density at radius 3 is 2.61 bits per heavy atom. The number of hydrogen-bond donors (Lipinski definition) is 1. The van der Waals surface area contributed by atoms with Crippen molar-refractivity contribution in [2.75, 3.05) is 11.5 Å². The molecule has 0 bridgehead atoms. The van der Waals surface area contributed by atoms with Crippen LogP contribution in [0.1, 0.15) is 26.7 Å². The molecule has 0 aromatic carbocycles. The van der Waals surface area contributed by atoms with Gasteiger partial charge in [0.2, 0.25) is 5.91 Å². The SMILES string of the molecule is CC(C)SCC(=O)N1C(C(=O)O)CSC1C1CC1. The average Bonchev–Trinajstić information content (AvgIpc) is 3.04. The van der Waals surface area contributed by atoms with Crippen LogP contribution in [0, 0.1) is 5.92 Å². The van der Waals surface area contributed by atoms with Crippen molar-refractivity contribution in [3.05, 3.63) is 0 Å². The Bertz CT molecular complexity index is 344. The molecule has 4 nitrogen and oxygen atoms in total. The molecule has 6 heteroatoms. The van der Waals surface area contributed by atoms with Crippen molar-refractivity contribution in [1.82, 2.24) is 4.90 Å². The number of amides is 1. The molecule has 1 aliphatic carbocycles.